The largest absolute Gasteiger partial charge is 0.373 e. The summed E-state index contributed by atoms with van der Waals surface area (Å²) in [5.41, 5.74) is 0. The first-order valence-electron chi connectivity index (χ1n) is 12.6. The van der Waals surface area contributed by atoms with Crippen LogP contribution in [0.3, 0.4) is 0 Å². The van der Waals surface area contributed by atoms with E-state index in [4.69, 9.17) is 14.2 Å². The molecule has 0 aromatic carbocycles. The molecule has 3 saturated heterocycles. The highest BCUT2D eigenvalue weighted by atomic mass is 16.6. The fraction of sp³-hybridized carbons (Fsp3) is 0.778. The number of hydrogen-bond donors (Lipinski definition) is 0. The van der Waals surface area contributed by atoms with E-state index in [1.165, 1.54) is 38.5 Å². The standard InChI is InChI=1S/C9H12O2.C9H12O.C9H12/c1-4-2-6(9-8(4)11-9)5(1)7-3-10-7;1-2-5-3-6-4-7(5)9-8(6)10-9;1-2-8-5-7-3-4-9(8)6-7/h4-9H,1-3H2;2,5-9H,1,3-4H2;2-4,7-9H,1,5-6H2. The van der Waals surface area contributed by atoms with Crippen molar-refractivity contribution in [3.63, 3.8) is 0 Å². The van der Waals surface area contributed by atoms with E-state index in [9.17, 15) is 0 Å². The minimum Gasteiger partial charge on any atom is -0.373 e. The lowest BCUT2D eigenvalue weighted by atomic mass is 9.87. The summed E-state index contributed by atoms with van der Waals surface area (Å²) in [5, 5.41) is 0. The van der Waals surface area contributed by atoms with Gasteiger partial charge in [0.2, 0.25) is 0 Å². The Bertz CT molecular complexity index is 755. The van der Waals surface area contributed by atoms with Crippen LogP contribution < -0.4 is 0 Å². The van der Waals surface area contributed by atoms with Crippen molar-refractivity contribution in [1.29, 1.82) is 0 Å². The molecule has 14 unspecified atom stereocenters. The second-order valence-corrected chi connectivity index (χ2v) is 11.5. The van der Waals surface area contributed by atoms with Crippen LogP contribution >= 0.6 is 0 Å². The van der Waals surface area contributed by atoms with Crippen molar-refractivity contribution in [2.75, 3.05) is 6.61 Å². The number of ether oxygens (including phenoxy) is 3. The highest BCUT2D eigenvalue weighted by molar-refractivity contribution is 5.14. The van der Waals surface area contributed by atoms with Crippen molar-refractivity contribution in [1.82, 2.24) is 0 Å². The zero-order chi connectivity index (χ0) is 20.0. The van der Waals surface area contributed by atoms with Gasteiger partial charge in [-0.2, -0.15) is 0 Å². The minimum absolute atomic E-state index is 0.634. The first kappa shape index (κ1) is 18.7. The van der Waals surface area contributed by atoms with Gasteiger partial charge in [-0.15, -0.1) is 13.2 Å². The van der Waals surface area contributed by atoms with Gasteiger partial charge in [-0.3, -0.25) is 0 Å². The highest BCUT2D eigenvalue weighted by Crippen LogP contribution is 2.61. The van der Waals surface area contributed by atoms with E-state index in [0.717, 1.165) is 59.9 Å². The van der Waals surface area contributed by atoms with Gasteiger partial charge in [-0.25, -0.2) is 0 Å². The fourth-order valence-corrected chi connectivity index (χ4v) is 8.40. The normalized spacial score (nSPS) is 60.1. The third-order valence-electron chi connectivity index (χ3n) is 10.1. The number of epoxide rings is 3. The molecule has 0 amide bonds. The summed E-state index contributed by atoms with van der Waals surface area (Å²) in [6, 6.07) is 0. The highest BCUT2D eigenvalue weighted by Gasteiger charge is 2.65. The van der Waals surface area contributed by atoms with Crippen LogP contribution in [-0.4, -0.2) is 37.1 Å². The average Bonchev–Trinajstić information content (AvgIpc) is 3.74. The molecule has 3 aliphatic heterocycles. The minimum atomic E-state index is 0.634. The molecule has 3 heteroatoms. The number of hydrogen-bond acceptors (Lipinski definition) is 3. The quantitative estimate of drug-likeness (QED) is 0.498. The first-order chi connectivity index (χ1) is 14.7. The van der Waals surface area contributed by atoms with Crippen molar-refractivity contribution in [3.8, 4) is 0 Å². The molecule has 8 fully saturated rings. The molecule has 162 valence electrons. The fourth-order valence-electron chi connectivity index (χ4n) is 8.40. The average molecular weight is 409 g/mol. The smallest absolute Gasteiger partial charge is 0.0878 e. The molecule has 9 rings (SSSR count). The maximum absolute atomic E-state index is 5.59. The van der Waals surface area contributed by atoms with E-state index >= 15 is 0 Å². The molecule has 3 nitrogen and oxygen atoms in total. The molecular formula is C27H36O3. The Morgan fingerprint density at radius 2 is 1.33 bits per heavy atom. The number of fused-ring (bicyclic) bond motifs is 12. The third-order valence-corrected chi connectivity index (χ3v) is 10.1. The van der Waals surface area contributed by atoms with Gasteiger partial charge in [0.05, 0.1) is 37.1 Å². The summed E-state index contributed by atoms with van der Waals surface area (Å²) in [6.07, 6.45) is 20.7. The van der Waals surface area contributed by atoms with E-state index in [1.807, 2.05) is 0 Å². The molecule has 0 radical (unpaired) electrons. The summed E-state index contributed by atoms with van der Waals surface area (Å²) in [4.78, 5) is 0. The van der Waals surface area contributed by atoms with Gasteiger partial charge in [-0.05, 0) is 91.8 Å². The van der Waals surface area contributed by atoms with Crippen molar-refractivity contribution >= 4 is 0 Å². The van der Waals surface area contributed by atoms with E-state index in [0.29, 0.717) is 30.5 Å². The van der Waals surface area contributed by atoms with E-state index in [1.54, 1.807) is 0 Å². The van der Waals surface area contributed by atoms with E-state index in [-0.39, 0.29) is 0 Å². The lowest BCUT2D eigenvalue weighted by molar-refractivity contribution is 0.226. The Morgan fingerprint density at radius 1 is 0.667 bits per heavy atom. The van der Waals surface area contributed by atoms with Crippen molar-refractivity contribution in [3.05, 3.63) is 37.5 Å². The number of allylic oxidation sites excluding steroid dienone is 4. The SMILES string of the molecule is C1OC1C1CC2CC1C1OC21.C=CC1CC2C=CC1C2.C=CC1CC2CC1C1OC21. The van der Waals surface area contributed by atoms with Crippen molar-refractivity contribution in [2.45, 2.75) is 69.0 Å². The van der Waals surface area contributed by atoms with Gasteiger partial charge in [-0.1, -0.05) is 24.3 Å². The van der Waals surface area contributed by atoms with Crippen molar-refractivity contribution in [2.24, 2.45) is 53.3 Å². The van der Waals surface area contributed by atoms with Crippen LogP contribution in [-0.2, 0) is 14.2 Å². The van der Waals surface area contributed by atoms with Gasteiger partial charge in [0.1, 0.15) is 0 Å². The number of rotatable bonds is 3. The van der Waals surface area contributed by atoms with Crippen LogP contribution in [0.4, 0.5) is 0 Å². The molecule has 9 aliphatic rings. The summed E-state index contributed by atoms with van der Waals surface area (Å²) in [7, 11) is 0. The Kier molecular flexibility index (Phi) is 4.23. The second-order valence-electron chi connectivity index (χ2n) is 11.5. The zero-order valence-corrected chi connectivity index (χ0v) is 18.0. The molecule has 14 atom stereocenters. The van der Waals surface area contributed by atoms with Crippen LogP contribution in [0.2, 0.25) is 0 Å². The van der Waals surface area contributed by atoms with Gasteiger partial charge in [0, 0.05) is 0 Å². The van der Waals surface area contributed by atoms with Crippen molar-refractivity contribution < 1.29 is 14.2 Å². The molecule has 3 heterocycles. The molecule has 0 aromatic rings. The lowest BCUT2D eigenvalue weighted by Gasteiger charge is -2.15. The van der Waals surface area contributed by atoms with Gasteiger partial charge in [0.25, 0.3) is 0 Å². The summed E-state index contributed by atoms with van der Waals surface area (Å²) in [5.74, 6) is 7.78. The van der Waals surface area contributed by atoms with Gasteiger partial charge in [0.15, 0.2) is 0 Å². The predicted octanol–water partition coefficient (Wildman–Crippen LogP) is 4.79. The van der Waals surface area contributed by atoms with Crippen LogP contribution in [0.25, 0.3) is 0 Å². The first-order valence-corrected chi connectivity index (χ1v) is 12.6. The van der Waals surface area contributed by atoms with E-state index in [2.05, 4.69) is 37.5 Å². The monoisotopic (exact) mass is 408 g/mol. The zero-order valence-electron chi connectivity index (χ0n) is 18.0. The van der Waals surface area contributed by atoms with E-state index < -0.39 is 0 Å². The Labute approximate surface area is 180 Å². The third kappa shape index (κ3) is 2.95. The molecule has 6 bridgehead atoms. The summed E-state index contributed by atoms with van der Waals surface area (Å²) in [6.45, 7) is 8.72. The molecule has 30 heavy (non-hydrogen) atoms. The van der Waals surface area contributed by atoms with Crippen LogP contribution in [0.5, 0.6) is 0 Å². The van der Waals surface area contributed by atoms with Gasteiger partial charge < -0.3 is 14.2 Å². The molecular weight excluding hydrogens is 372 g/mol. The molecule has 5 saturated carbocycles. The molecule has 0 aromatic heterocycles. The Balaban J connectivity index is 0.0000000816. The molecule has 0 spiro atoms. The van der Waals surface area contributed by atoms with Gasteiger partial charge >= 0.3 is 0 Å². The maximum atomic E-state index is 5.59. The molecule has 0 N–H and O–H groups in total. The lowest BCUT2D eigenvalue weighted by Crippen LogP contribution is -2.22. The van der Waals surface area contributed by atoms with Crippen LogP contribution in [0.15, 0.2) is 37.5 Å². The summed E-state index contributed by atoms with van der Waals surface area (Å²) < 4.78 is 16.5. The second kappa shape index (κ2) is 6.80. The predicted molar refractivity (Wildman–Crippen MR) is 116 cm³/mol. The maximum Gasteiger partial charge on any atom is 0.0878 e. The van der Waals surface area contributed by atoms with Crippen LogP contribution in [0, 0.1) is 53.3 Å². The van der Waals surface area contributed by atoms with Crippen LogP contribution in [0.1, 0.15) is 38.5 Å². The topological polar surface area (TPSA) is 37.6 Å². The summed E-state index contributed by atoms with van der Waals surface area (Å²) >= 11 is 0. The molecule has 6 aliphatic carbocycles. The Hall–Kier alpha value is -0.900. The Morgan fingerprint density at radius 3 is 1.80 bits per heavy atom.